The van der Waals surface area contributed by atoms with Gasteiger partial charge in [0.15, 0.2) is 9.84 Å². The molecule has 2 fully saturated rings. The summed E-state index contributed by atoms with van der Waals surface area (Å²) in [5.74, 6) is 1.34. The van der Waals surface area contributed by atoms with E-state index in [-0.39, 0.29) is 35.4 Å². The number of hydrogen-bond donors (Lipinski definition) is 0. The fourth-order valence-corrected chi connectivity index (χ4v) is 5.89. The molecule has 0 radical (unpaired) electrons. The third-order valence-electron chi connectivity index (χ3n) is 5.15. The van der Waals surface area contributed by atoms with E-state index < -0.39 is 9.84 Å². The molecular weight excluding hydrogens is 352 g/mol. The Balaban J connectivity index is 1.76. The van der Waals surface area contributed by atoms with Crippen LogP contribution in [0.25, 0.3) is 0 Å². The molecule has 3 heterocycles. The van der Waals surface area contributed by atoms with Crippen molar-refractivity contribution in [3.63, 3.8) is 0 Å². The maximum atomic E-state index is 12.6. The van der Waals surface area contributed by atoms with Crippen molar-refractivity contribution in [3.05, 3.63) is 23.8 Å². The van der Waals surface area contributed by atoms with Gasteiger partial charge >= 0.3 is 0 Å². The molecule has 0 spiro atoms. The first-order valence-electron chi connectivity index (χ1n) is 9.33. The molecule has 3 rings (SSSR count). The van der Waals surface area contributed by atoms with Gasteiger partial charge in [0.1, 0.15) is 5.82 Å². The van der Waals surface area contributed by atoms with Crippen molar-refractivity contribution in [3.8, 4) is 0 Å². The van der Waals surface area contributed by atoms with Crippen LogP contribution in [0, 0.1) is 5.92 Å². The Kier molecular flexibility index (Phi) is 5.62. The highest BCUT2D eigenvalue weighted by Crippen LogP contribution is 2.29. The minimum Gasteiger partial charge on any atom is -0.336 e. The maximum Gasteiger partial charge on any atom is 0.223 e. The van der Waals surface area contributed by atoms with E-state index in [0.717, 1.165) is 17.8 Å². The highest BCUT2D eigenvalue weighted by Gasteiger charge is 2.47. The molecule has 0 bridgehead atoms. The monoisotopic (exact) mass is 380 g/mol. The van der Waals surface area contributed by atoms with E-state index in [2.05, 4.69) is 14.9 Å². The third-order valence-corrected chi connectivity index (χ3v) is 6.85. The topological polar surface area (TPSA) is 83.5 Å². The van der Waals surface area contributed by atoms with E-state index >= 15 is 0 Å². The SMILES string of the molecule is CCc1ncc(CN2CCN(C(=O)CC(C)C)[C@@H]3CS(=O)(=O)C[C@@H]32)cn1. The maximum absolute atomic E-state index is 12.6. The number of fused-ring (bicyclic) bond motifs is 1. The van der Waals surface area contributed by atoms with E-state index in [1.54, 1.807) is 0 Å². The van der Waals surface area contributed by atoms with Crippen LogP contribution in [0.1, 0.15) is 38.6 Å². The largest absolute Gasteiger partial charge is 0.336 e. The molecule has 0 aliphatic carbocycles. The van der Waals surface area contributed by atoms with Crippen LogP contribution in [0.4, 0.5) is 0 Å². The number of amides is 1. The lowest BCUT2D eigenvalue weighted by molar-refractivity contribution is -0.137. The summed E-state index contributed by atoms with van der Waals surface area (Å²) in [6.07, 6.45) is 4.90. The average Bonchev–Trinajstić information content (AvgIpc) is 2.90. The van der Waals surface area contributed by atoms with Gasteiger partial charge in [-0.2, -0.15) is 0 Å². The molecular formula is C18H28N4O3S. The van der Waals surface area contributed by atoms with Gasteiger partial charge in [-0.05, 0) is 5.92 Å². The summed E-state index contributed by atoms with van der Waals surface area (Å²) in [6.45, 7) is 7.91. The molecule has 0 unspecified atom stereocenters. The molecule has 8 heteroatoms. The Bertz CT molecular complexity index is 748. The van der Waals surface area contributed by atoms with Gasteiger partial charge in [0.2, 0.25) is 5.91 Å². The summed E-state index contributed by atoms with van der Waals surface area (Å²) in [5.41, 5.74) is 0.979. The first kappa shape index (κ1) is 19.2. The molecule has 1 amide bonds. The molecule has 0 aromatic carbocycles. The number of sulfone groups is 1. The Morgan fingerprint density at radius 1 is 1.19 bits per heavy atom. The molecule has 0 N–H and O–H groups in total. The first-order chi connectivity index (χ1) is 12.3. The Labute approximate surface area is 155 Å². The summed E-state index contributed by atoms with van der Waals surface area (Å²) < 4.78 is 24.6. The van der Waals surface area contributed by atoms with Crippen LogP contribution in [0.5, 0.6) is 0 Å². The van der Waals surface area contributed by atoms with Gasteiger partial charge in [-0.1, -0.05) is 20.8 Å². The summed E-state index contributed by atoms with van der Waals surface area (Å²) in [4.78, 5) is 25.2. The number of piperazine rings is 1. The third kappa shape index (κ3) is 4.23. The lowest BCUT2D eigenvalue weighted by atomic mass is 10.0. The van der Waals surface area contributed by atoms with Crippen molar-refractivity contribution in [1.82, 2.24) is 19.8 Å². The molecule has 1 aromatic rings. The van der Waals surface area contributed by atoms with E-state index in [1.807, 2.05) is 38.1 Å². The summed E-state index contributed by atoms with van der Waals surface area (Å²) in [5, 5.41) is 0. The van der Waals surface area contributed by atoms with Crippen LogP contribution < -0.4 is 0 Å². The number of rotatable bonds is 5. The molecule has 144 valence electrons. The molecule has 26 heavy (non-hydrogen) atoms. The summed E-state index contributed by atoms with van der Waals surface area (Å²) >= 11 is 0. The molecule has 1 aromatic heterocycles. The number of nitrogens with zero attached hydrogens (tertiary/aromatic N) is 4. The second kappa shape index (κ2) is 7.60. The standard InChI is InChI=1S/C18H28N4O3S/c1-4-17-19-8-14(9-20-17)10-21-5-6-22(18(23)7-13(2)3)16-12-26(24,25)11-15(16)21/h8-9,13,15-16H,4-7,10-12H2,1-3H3/t15-,16+/m0/s1. The minimum atomic E-state index is -3.13. The van der Waals surface area contributed by atoms with Crippen LogP contribution in [-0.2, 0) is 27.6 Å². The fourth-order valence-electron chi connectivity index (χ4n) is 3.88. The van der Waals surface area contributed by atoms with Crippen molar-refractivity contribution >= 4 is 15.7 Å². The van der Waals surface area contributed by atoms with E-state index in [4.69, 9.17) is 0 Å². The van der Waals surface area contributed by atoms with Gasteiger partial charge in [-0.25, -0.2) is 18.4 Å². The number of carbonyl (C=O) groups is 1. The second-order valence-corrected chi connectivity index (χ2v) is 9.88. The van der Waals surface area contributed by atoms with Gasteiger partial charge < -0.3 is 4.90 Å². The Morgan fingerprint density at radius 3 is 2.46 bits per heavy atom. The lowest BCUT2D eigenvalue weighted by Gasteiger charge is -2.44. The zero-order valence-electron chi connectivity index (χ0n) is 15.8. The predicted molar refractivity (Wildman–Crippen MR) is 99.2 cm³/mol. The number of aromatic nitrogens is 2. The highest BCUT2D eigenvalue weighted by atomic mass is 32.2. The van der Waals surface area contributed by atoms with Crippen molar-refractivity contribution in [2.24, 2.45) is 5.92 Å². The summed E-state index contributed by atoms with van der Waals surface area (Å²) in [7, 11) is -3.13. The van der Waals surface area contributed by atoms with Crippen LogP contribution in [0.2, 0.25) is 0 Å². The number of hydrogen-bond acceptors (Lipinski definition) is 6. The van der Waals surface area contributed by atoms with Crippen LogP contribution in [0.3, 0.4) is 0 Å². The van der Waals surface area contributed by atoms with Crippen molar-refractivity contribution in [2.45, 2.75) is 52.2 Å². The van der Waals surface area contributed by atoms with Crippen LogP contribution in [0.15, 0.2) is 12.4 Å². The van der Waals surface area contributed by atoms with E-state index in [9.17, 15) is 13.2 Å². The average molecular weight is 381 g/mol. The zero-order valence-corrected chi connectivity index (χ0v) is 16.6. The van der Waals surface area contributed by atoms with Crippen LogP contribution in [-0.4, -0.2) is 70.8 Å². The van der Waals surface area contributed by atoms with Crippen molar-refractivity contribution in [2.75, 3.05) is 24.6 Å². The molecule has 2 saturated heterocycles. The Morgan fingerprint density at radius 2 is 1.85 bits per heavy atom. The quantitative estimate of drug-likeness (QED) is 0.755. The molecule has 2 aliphatic rings. The van der Waals surface area contributed by atoms with Gasteiger partial charge in [0.25, 0.3) is 0 Å². The van der Waals surface area contributed by atoms with Gasteiger partial charge in [-0.3, -0.25) is 9.69 Å². The summed E-state index contributed by atoms with van der Waals surface area (Å²) in [6, 6.07) is -0.383. The minimum absolute atomic E-state index is 0.0717. The lowest BCUT2D eigenvalue weighted by Crippen LogP contribution is -2.60. The highest BCUT2D eigenvalue weighted by molar-refractivity contribution is 7.91. The first-order valence-corrected chi connectivity index (χ1v) is 11.1. The van der Waals surface area contributed by atoms with E-state index in [0.29, 0.717) is 26.1 Å². The number of carbonyl (C=O) groups excluding carboxylic acids is 1. The van der Waals surface area contributed by atoms with Crippen LogP contribution >= 0.6 is 0 Å². The molecule has 2 atom stereocenters. The van der Waals surface area contributed by atoms with Crippen molar-refractivity contribution < 1.29 is 13.2 Å². The Hall–Kier alpha value is -1.54. The molecule has 2 aliphatic heterocycles. The van der Waals surface area contributed by atoms with E-state index in [1.165, 1.54) is 0 Å². The fraction of sp³-hybridized carbons (Fsp3) is 0.722. The predicted octanol–water partition coefficient (Wildman–Crippen LogP) is 0.895. The van der Waals surface area contributed by atoms with Crippen molar-refractivity contribution in [1.29, 1.82) is 0 Å². The normalized spacial score (nSPS) is 25.5. The zero-order chi connectivity index (χ0) is 18.9. The number of aryl methyl sites for hydroxylation is 1. The van der Waals surface area contributed by atoms with Gasteiger partial charge in [0, 0.05) is 56.5 Å². The van der Waals surface area contributed by atoms with Gasteiger partial charge in [-0.15, -0.1) is 0 Å². The second-order valence-electron chi connectivity index (χ2n) is 7.73. The molecule has 7 nitrogen and oxygen atoms in total. The molecule has 0 saturated carbocycles. The smallest absolute Gasteiger partial charge is 0.223 e. The van der Waals surface area contributed by atoms with Gasteiger partial charge in [0.05, 0.1) is 17.5 Å².